The minimum atomic E-state index is 0.421. The molecule has 0 fully saturated rings. The number of nitrogens with zero attached hydrogens (tertiary/aromatic N) is 1. The standard InChI is InChI=1S/C26H27NO/c1-16(2)19-11-8-12-20(17(3)4)25(19)27-26-22-10-7-6-9-21(22)24-15-18(28-5)13-14-23(24)26/h6-17H,1-5H3. The largest absolute Gasteiger partial charge is 0.497 e. The number of fused-ring (bicyclic) bond motifs is 3. The van der Waals surface area contributed by atoms with Crippen molar-refractivity contribution >= 4 is 11.4 Å². The topological polar surface area (TPSA) is 21.6 Å². The molecular weight excluding hydrogens is 342 g/mol. The molecule has 0 amide bonds. The highest BCUT2D eigenvalue weighted by Gasteiger charge is 2.26. The summed E-state index contributed by atoms with van der Waals surface area (Å²) in [5.74, 6) is 1.72. The predicted octanol–water partition coefficient (Wildman–Crippen LogP) is 7.09. The Bertz CT molecular complexity index is 1030. The van der Waals surface area contributed by atoms with Gasteiger partial charge in [0.05, 0.1) is 18.5 Å². The Kier molecular flexibility index (Phi) is 4.80. The third-order valence-corrected chi connectivity index (χ3v) is 5.52. The summed E-state index contributed by atoms with van der Waals surface area (Å²) < 4.78 is 5.47. The molecule has 0 bridgehead atoms. The van der Waals surface area contributed by atoms with E-state index >= 15 is 0 Å². The first-order chi connectivity index (χ1) is 13.5. The van der Waals surface area contributed by atoms with E-state index in [1.54, 1.807) is 7.11 Å². The molecule has 1 aliphatic rings. The van der Waals surface area contributed by atoms with Crippen LogP contribution in [0, 0.1) is 0 Å². The fourth-order valence-electron chi connectivity index (χ4n) is 4.02. The first-order valence-corrected chi connectivity index (χ1v) is 10.0. The van der Waals surface area contributed by atoms with Gasteiger partial charge in [0.15, 0.2) is 0 Å². The van der Waals surface area contributed by atoms with Gasteiger partial charge in [-0.2, -0.15) is 0 Å². The van der Waals surface area contributed by atoms with Gasteiger partial charge in [-0.1, -0.05) is 70.2 Å². The molecule has 4 rings (SSSR count). The first-order valence-electron chi connectivity index (χ1n) is 10.0. The fraction of sp³-hybridized carbons (Fsp3) is 0.269. The molecule has 2 nitrogen and oxygen atoms in total. The average molecular weight is 370 g/mol. The Morgan fingerprint density at radius 1 is 0.679 bits per heavy atom. The highest BCUT2D eigenvalue weighted by Crippen LogP contribution is 2.42. The van der Waals surface area contributed by atoms with Crippen LogP contribution in [0.15, 0.2) is 65.7 Å². The molecule has 0 spiro atoms. The van der Waals surface area contributed by atoms with E-state index in [4.69, 9.17) is 9.73 Å². The van der Waals surface area contributed by atoms with Crippen LogP contribution in [0.1, 0.15) is 61.8 Å². The van der Waals surface area contributed by atoms with Gasteiger partial charge in [-0.05, 0) is 52.3 Å². The van der Waals surface area contributed by atoms with Gasteiger partial charge in [0.1, 0.15) is 5.75 Å². The minimum absolute atomic E-state index is 0.421. The van der Waals surface area contributed by atoms with Gasteiger partial charge in [0, 0.05) is 11.1 Å². The van der Waals surface area contributed by atoms with Crippen molar-refractivity contribution in [2.24, 2.45) is 4.99 Å². The van der Waals surface area contributed by atoms with Gasteiger partial charge < -0.3 is 4.74 Å². The van der Waals surface area contributed by atoms with E-state index < -0.39 is 0 Å². The fourth-order valence-corrected chi connectivity index (χ4v) is 4.02. The molecule has 0 heterocycles. The van der Waals surface area contributed by atoms with Crippen molar-refractivity contribution in [2.45, 2.75) is 39.5 Å². The number of hydrogen-bond acceptors (Lipinski definition) is 2. The van der Waals surface area contributed by atoms with Gasteiger partial charge >= 0.3 is 0 Å². The zero-order chi connectivity index (χ0) is 19.8. The second-order valence-electron chi connectivity index (χ2n) is 8.01. The van der Waals surface area contributed by atoms with Crippen LogP contribution in [0.3, 0.4) is 0 Å². The molecule has 0 aliphatic heterocycles. The summed E-state index contributed by atoms with van der Waals surface area (Å²) in [7, 11) is 1.71. The van der Waals surface area contributed by atoms with Crippen LogP contribution in [0.25, 0.3) is 11.1 Å². The Hall–Kier alpha value is -2.87. The first kappa shape index (κ1) is 18.5. The van der Waals surface area contributed by atoms with E-state index in [0.29, 0.717) is 11.8 Å². The number of rotatable bonds is 4. The van der Waals surface area contributed by atoms with Crippen LogP contribution < -0.4 is 4.74 Å². The maximum absolute atomic E-state index is 5.47. The van der Waals surface area contributed by atoms with Crippen molar-refractivity contribution in [3.05, 3.63) is 82.9 Å². The Labute approximate surface area is 167 Å². The van der Waals surface area contributed by atoms with Crippen LogP contribution in [0.5, 0.6) is 5.75 Å². The van der Waals surface area contributed by atoms with E-state index in [1.165, 1.54) is 33.4 Å². The molecule has 3 aromatic carbocycles. The molecule has 0 unspecified atom stereocenters. The molecule has 28 heavy (non-hydrogen) atoms. The molecule has 0 saturated carbocycles. The molecule has 2 heteroatoms. The minimum Gasteiger partial charge on any atom is -0.497 e. The van der Waals surface area contributed by atoms with Crippen molar-refractivity contribution in [3.8, 4) is 16.9 Å². The molecule has 0 aromatic heterocycles. The van der Waals surface area contributed by atoms with Crippen molar-refractivity contribution in [2.75, 3.05) is 7.11 Å². The number of benzene rings is 3. The highest BCUT2D eigenvalue weighted by atomic mass is 16.5. The third kappa shape index (κ3) is 3.03. The summed E-state index contributed by atoms with van der Waals surface area (Å²) in [6.45, 7) is 8.96. The number of methoxy groups -OCH3 is 1. The summed E-state index contributed by atoms with van der Waals surface area (Å²) in [5.41, 5.74) is 9.58. The zero-order valence-electron chi connectivity index (χ0n) is 17.3. The molecule has 0 N–H and O–H groups in total. The summed E-state index contributed by atoms with van der Waals surface area (Å²) in [6.07, 6.45) is 0. The molecular formula is C26H27NO. The number of hydrogen-bond donors (Lipinski definition) is 0. The van der Waals surface area contributed by atoms with Crippen molar-refractivity contribution in [3.63, 3.8) is 0 Å². The normalized spacial score (nSPS) is 13.9. The van der Waals surface area contributed by atoms with Crippen LogP contribution in [-0.4, -0.2) is 12.8 Å². The third-order valence-electron chi connectivity index (χ3n) is 5.52. The van der Waals surface area contributed by atoms with Gasteiger partial charge in [-0.25, -0.2) is 4.99 Å². The average Bonchev–Trinajstić information content (AvgIpc) is 3.01. The second-order valence-corrected chi connectivity index (χ2v) is 8.01. The van der Waals surface area contributed by atoms with Gasteiger partial charge in [-0.15, -0.1) is 0 Å². The van der Waals surface area contributed by atoms with Crippen molar-refractivity contribution in [1.82, 2.24) is 0 Å². The molecule has 0 saturated heterocycles. The maximum atomic E-state index is 5.47. The van der Waals surface area contributed by atoms with E-state index in [0.717, 1.165) is 17.1 Å². The van der Waals surface area contributed by atoms with Gasteiger partial charge in [-0.3, -0.25) is 0 Å². The zero-order valence-corrected chi connectivity index (χ0v) is 17.3. The molecule has 0 radical (unpaired) electrons. The second kappa shape index (κ2) is 7.27. The van der Waals surface area contributed by atoms with E-state index in [2.05, 4.69) is 82.3 Å². The lowest BCUT2D eigenvalue weighted by atomic mass is 9.92. The Morgan fingerprint density at radius 3 is 1.89 bits per heavy atom. The van der Waals surface area contributed by atoms with Gasteiger partial charge in [0.25, 0.3) is 0 Å². The lowest BCUT2D eigenvalue weighted by molar-refractivity contribution is 0.415. The van der Waals surface area contributed by atoms with Crippen molar-refractivity contribution < 1.29 is 4.74 Å². The van der Waals surface area contributed by atoms with Crippen LogP contribution in [0.4, 0.5) is 5.69 Å². The summed E-state index contributed by atoms with van der Waals surface area (Å²) in [5, 5.41) is 0. The number of para-hydroxylation sites is 1. The van der Waals surface area contributed by atoms with E-state index in [-0.39, 0.29) is 0 Å². The lowest BCUT2D eigenvalue weighted by Crippen LogP contribution is -2.01. The molecule has 1 aliphatic carbocycles. The summed E-state index contributed by atoms with van der Waals surface area (Å²) in [6, 6.07) is 21.4. The van der Waals surface area contributed by atoms with Crippen LogP contribution >= 0.6 is 0 Å². The number of aliphatic imine (C=N–C) groups is 1. The van der Waals surface area contributed by atoms with Crippen molar-refractivity contribution in [1.29, 1.82) is 0 Å². The van der Waals surface area contributed by atoms with E-state index in [9.17, 15) is 0 Å². The number of ether oxygens (including phenoxy) is 1. The van der Waals surface area contributed by atoms with Crippen LogP contribution in [0.2, 0.25) is 0 Å². The SMILES string of the molecule is COc1ccc2c(c1)-c1ccccc1C2=Nc1c(C(C)C)cccc1C(C)C. The molecule has 3 aromatic rings. The highest BCUT2D eigenvalue weighted by molar-refractivity contribution is 6.25. The predicted molar refractivity (Wildman–Crippen MR) is 118 cm³/mol. The van der Waals surface area contributed by atoms with E-state index in [1.807, 2.05) is 6.07 Å². The quantitative estimate of drug-likeness (QED) is 0.376. The summed E-state index contributed by atoms with van der Waals surface area (Å²) >= 11 is 0. The monoisotopic (exact) mass is 369 g/mol. The molecule has 142 valence electrons. The summed E-state index contributed by atoms with van der Waals surface area (Å²) in [4.78, 5) is 5.31. The lowest BCUT2D eigenvalue weighted by Gasteiger charge is -2.17. The Morgan fingerprint density at radius 2 is 1.29 bits per heavy atom. The smallest absolute Gasteiger partial charge is 0.119 e. The Balaban J connectivity index is 2.00. The van der Waals surface area contributed by atoms with Crippen LogP contribution in [-0.2, 0) is 0 Å². The van der Waals surface area contributed by atoms with Gasteiger partial charge in [0.2, 0.25) is 0 Å². The molecule has 0 atom stereocenters. The maximum Gasteiger partial charge on any atom is 0.119 e.